The van der Waals surface area contributed by atoms with Crippen molar-refractivity contribution in [3.05, 3.63) is 248 Å². The lowest BCUT2D eigenvalue weighted by Gasteiger charge is -2.22. The fourth-order valence-corrected chi connectivity index (χ4v) is 10.4. The summed E-state index contributed by atoms with van der Waals surface area (Å²) < 4.78 is 53.6. The number of fused-ring (bicyclic) bond motifs is 6. The van der Waals surface area contributed by atoms with Gasteiger partial charge in [0.1, 0.15) is 0 Å². The minimum Gasteiger partial charge on any atom is -0.309 e. The van der Waals surface area contributed by atoms with Crippen LogP contribution in [0.3, 0.4) is 0 Å². The Kier molecular flexibility index (Phi) is 10.2. The molecule has 0 bridgehead atoms. The predicted octanol–water partition coefficient (Wildman–Crippen LogP) is 17.1. The average molecular weight is 936 g/mol. The molecule has 0 saturated heterocycles. The van der Waals surface area contributed by atoms with Gasteiger partial charge in [0, 0.05) is 43.8 Å². The zero-order valence-corrected chi connectivity index (χ0v) is 38.5. The third kappa shape index (κ3) is 7.31. The molecule has 0 spiro atoms. The van der Waals surface area contributed by atoms with Crippen LogP contribution in [-0.4, -0.2) is 24.1 Å². The van der Waals surface area contributed by atoms with Gasteiger partial charge in [-0.15, -0.1) is 0 Å². The van der Waals surface area contributed by atoms with Gasteiger partial charge in [-0.25, -0.2) is 15.0 Å². The van der Waals surface area contributed by atoms with Crippen molar-refractivity contribution >= 4 is 43.6 Å². The topological polar surface area (TPSA) is 48.5 Å². The summed E-state index contributed by atoms with van der Waals surface area (Å²) in [5.74, 6) is 1.33. The number of hydrogen-bond donors (Lipinski definition) is 0. The van der Waals surface area contributed by atoms with Gasteiger partial charge in [-0.3, -0.25) is 0 Å². The maximum absolute atomic E-state index is 16.6. The second-order valence-electron chi connectivity index (χ2n) is 17.9. The fourth-order valence-electron chi connectivity index (χ4n) is 10.4. The molecule has 13 aromatic rings. The van der Waals surface area contributed by atoms with Gasteiger partial charge in [-0.05, 0) is 76.3 Å². The minimum atomic E-state index is -4.79. The summed E-state index contributed by atoms with van der Waals surface area (Å²) in [6.07, 6.45) is -4.79. The number of aromatic nitrogens is 5. The molecule has 72 heavy (non-hydrogen) atoms. The van der Waals surface area contributed by atoms with E-state index in [2.05, 4.69) is 47.0 Å². The van der Waals surface area contributed by atoms with Gasteiger partial charge in [-0.2, -0.15) is 13.2 Å². The van der Waals surface area contributed by atoms with E-state index in [-0.39, 0.29) is 11.3 Å². The second kappa shape index (κ2) is 17.2. The predicted molar refractivity (Wildman–Crippen MR) is 286 cm³/mol. The van der Waals surface area contributed by atoms with Crippen LogP contribution in [0, 0.1) is 0 Å². The third-order valence-corrected chi connectivity index (χ3v) is 13.6. The molecule has 0 N–H and O–H groups in total. The number of halogens is 3. The molecule has 0 atom stereocenters. The van der Waals surface area contributed by atoms with Crippen molar-refractivity contribution in [2.45, 2.75) is 6.18 Å². The molecule has 0 amide bonds. The lowest BCUT2D eigenvalue weighted by Crippen LogP contribution is -2.13. The molecule has 0 aliphatic heterocycles. The molecular formula is C64H40F3N5. The zero-order valence-electron chi connectivity index (χ0n) is 38.5. The first-order valence-corrected chi connectivity index (χ1v) is 23.8. The van der Waals surface area contributed by atoms with E-state index in [0.29, 0.717) is 45.3 Å². The highest BCUT2D eigenvalue weighted by atomic mass is 19.4. The van der Waals surface area contributed by atoms with E-state index in [1.807, 2.05) is 176 Å². The van der Waals surface area contributed by atoms with Crippen molar-refractivity contribution in [1.82, 2.24) is 24.1 Å². The highest BCUT2D eigenvalue weighted by molar-refractivity contribution is 6.12. The van der Waals surface area contributed by atoms with Crippen molar-refractivity contribution in [2.75, 3.05) is 0 Å². The van der Waals surface area contributed by atoms with Crippen LogP contribution in [-0.2, 0) is 6.18 Å². The standard InChI is InChI=1S/C64H40F3N5/c65-64(66,67)60-51(28-17-31-58(60)71-54-29-15-13-26-48(54)52-38-45(33-36-56(52)71)41-18-5-1-6-19-41)50-35-32-47(63-69-61(43-22-9-3-10-23-43)68-62(70-63)44-24-11-4-12-25-44)40-59(50)72-55-30-16-14-27-49(55)53-39-46(34-37-57(53)72)42-20-7-2-8-21-42/h1-40H. The smallest absolute Gasteiger partial charge is 0.309 e. The molecule has 0 fully saturated rings. The lowest BCUT2D eigenvalue weighted by atomic mass is 9.94. The molecule has 342 valence electrons. The maximum Gasteiger partial charge on any atom is 0.419 e. The van der Waals surface area contributed by atoms with Crippen molar-refractivity contribution < 1.29 is 13.2 Å². The van der Waals surface area contributed by atoms with Crippen LogP contribution in [0.4, 0.5) is 13.2 Å². The Labute approximate surface area is 412 Å². The fraction of sp³-hybridized carbons (Fsp3) is 0.0156. The minimum absolute atomic E-state index is 0.0286. The molecule has 0 unspecified atom stereocenters. The van der Waals surface area contributed by atoms with E-state index in [9.17, 15) is 0 Å². The molecule has 13 rings (SSSR count). The number of nitrogens with zero attached hydrogens (tertiary/aromatic N) is 5. The van der Waals surface area contributed by atoms with Crippen molar-refractivity contribution in [3.63, 3.8) is 0 Å². The monoisotopic (exact) mass is 935 g/mol. The van der Waals surface area contributed by atoms with E-state index < -0.39 is 11.7 Å². The summed E-state index contributed by atoms with van der Waals surface area (Å²) in [6, 6.07) is 78.2. The molecule has 0 aliphatic carbocycles. The number of hydrogen-bond acceptors (Lipinski definition) is 3. The van der Waals surface area contributed by atoms with E-state index >= 15 is 13.2 Å². The van der Waals surface area contributed by atoms with Crippen LogP contribution < -0.4 is 0 Å². The van der Waals surface area contributed by atoms with Crippen LogP contribution in [0.5, 0.6) is 0 Å². The molecular weight excluding hydrogens is 896 g/mol. The SMILES string of the molecule is FC(F)(F)c1c(-c2ccc(-c3nc(-c4ccccc4)nc(-c4ccccc4)n3)cc2-n2c3ccccc3c3cc(-c4ccccc4)ccc32)cccc1-n1c2ccccc2c2cc(-c3ccccc3)ccc21. The Morgan fingerprint density at radius 2 is 0.681 bits per heavy atom. The summed E-state index contributed by atoms with van der Waals surface area (Å²) in [6.45, 7) is 0. The first kappa shape index (κ1) is 42.7. The largest absolute Gasteiger partial charge is 0.419 e. The van der Waals surface area contributed by atoms with E-state index in [1.165, 1.54) is 0 Å². The molecule has 8 heteroatoms. The number of rotatable bonds is 8. The first-order chi connectivity index (χ1) is 35.4. The summed E-state index contributed by atoms with van der Waals surface area (Å²) in [5.41, 5.74) is 9.56. The molecule has 3 heterocycles. The number of benzene rings is 10. The highest BCUT2D eigenvalue weighted by Crippen LogP contribution is 2.47. The van der Waals surface area contributed by atoms with Gasteiger partial charge in [-0.1, -0.05) is 194 Å². The summed E-state index contributed by atoms with van der Waals surface area (Å²) in [4.78, 5) is 15.1. The van der Waals surface area contributed by atoms with Crippen LogP contribution in [0.2, 0.25) is 0 Å². The third-order valence-electron chi connectivity index (χ3n) is 13.6. The second-order valence-corrected chi connectivity index (χ2v) is 17.9. The zero-order chi connectivity index (χ0) is 48.3. The maximum atomic E-state index is 16.6. The van der Waals surface area contributed by atoms with Crippen LogP contribution in [0.25, 0.3) is 123 Å². The van der Waals surface area contributed by atoms with Crippen LogP contribution >= 0.6 is 0 Å². The Hall–Kier alpha value is -9.40. The molecule has 0 aliphatic rings. The van der Waals surface area contributed by atoms with Gasteiger partial charge in [0.25, 0.3) is 0 Å². The normalized spacial score (nSPS) is 11.8. The first-order valence-electron chi connectivity index (χ1n) is 23.8. The van der Waals surface area contributed by atoms with Crippen molar-refractivity contribution in [2.24, 2.45) is 0 Å². The summed E-state index contributed by atoms with van der Waals surface area (Å²) in [5, 5.41) is 3.64. The Morgan fingerprint density at radius 1 is 0.278 bits per heavy atom. The number of alkyl halides is 3. The van der Waals surface area contributed by atoms with Gasteiger partial charge in [0.15, 0.2) is 17.5 Å². The molecule has 10 aromatic carbocycles. The van der Waals surface area contributed by atoms with E-state index in [1.54, 1.807) is 28.8 Å². The highest BCUT2D eigenvalue weighted by Gasteiger charge is 2.38. The Bertz CT molecular complexity index is 4130. The van der Waals surface area contributed by atoms with Crippen LogP contribution in [0.1, 0.15) is 5.56 Å². The Morgan fingerprint density at radius 3 is 1.17 bits per heavy atom. The molecule has 0 radical (unpaired) electrons. The number of para-hydroxylation sites is 2. The van der Waals surface area contributed by atoms with E-state index in [0.717, 1.165) is 66.0 Å². The molecule has 3 aromatic heterocycles. The van der Waals surface area contributed by atoms with Gasteiger partial charge in [0.05, 0.1) is 39.0 Å². The Balaban J connectivity index is 1.09. The van der Waals surface area contributed by atoms with Crippen molar-refractivity contribution in [1.29, 1.82) is 0 Å². The quantitative estimate of drug-likeness (QED) is 0.153. The van der Waals surface area contributed by atoms with Crippen molar-refractivity contribution in [3.8, 4) is 78.9 Å². The van der Waals surface area contributed by atoms with Gasteiger partial charge < -0.3 is 9.13 Å². The lowest BCUT2D eigenvalue weighted by molar-refractivity contribution is -0.136. The summed E-state index contributed by atoms with van der Waals surface area (Å²) >= 11 is 0. The van der Waals surface area contributed by atoms with Gasteiger partial charge >= 0.3 is 6.18 Å². The molecule has 5 nitrogen and oxygen atoms in total. The molecule has 0 saturated carbocycles. The summed E-state index contributed by atoms with van der Waals surface area (Å²) in [7, 11) is 0. The van der Waals surface area contributed by atoms with E-state index in [4.69, 9.17) is 15.0 Å². The van der Waals surface area contributed by atoms with Gasteiger partial charge in [0.2, 0.25) is 0 Å². The van der Waals surface area contributed by atoms with Crippen LogP contribution in [0.15, 0.2) is 243 Å². The average Bonchev–Trinajstić information content (AvgIpc) is 3.95.